The predicted molar refractivity (Wildman–Crippen MR) is 9.21 cm³/mol. The van der Waals surface area contributed by atoms with Crippen LogP contribution in [0.2, 0.25) is 0 Å². The van der Waals surface area contributed by atoms with E-state index >= 15 is 0 Å². The van der Waals surface area contributed by atoms with Crippen LogP contribution in [-0.2, 0) is 31.0 Å². The van der Waals surface area contributed by atoms with Gasteiger partial charge in [-0.2, -0.15) is 0 Å². The molecular formula is HO3SiZr. The second-order valence-corrected chi connectivity index (χ2v) is 6.77. The van der Waals surface area contributed by atoms with E-state index in [1.807, 2.05) is 0 Å². The molecule has 0 saturated carbocycles. The molecule has 5 heteroatoms. The van der Waals surface area contributed by atoms with Crippen molar-refractivity contribution in [3.63, 3.8) is 0 Å². The molecule has 3 nitrogen and oxygen atoms in total. The molecule has 0 fully saturated rings. The van der Waals surface area contributed by atoms with E-state index in [2.05, 4.69) is 0 Å². The maximum absolute atomic E-state index is 9.26. The SMILES string of the molecule is O=[SiH][Zr](=[O])=[O]. The van der Waals surface area contributed by atoms with Gasteiger partial charge in [0.25, 0.3) is 0 Å². The van der Waals surface area contributed by atoms with Crippen LogP contribution in [0.4, 0.5) is 0 Å². The summed E-state index contributed by atoms with van der Waals surface area (Å²) in [6.07, 6.45) is 0. The molecule has 0 aromatic heterocycles. The van der Waals surface area contributed by atoms with E-state index in [9.17, 15) is 10.1 Å². The zero-order chi connectivity index (χ0) is 4.28. The molecule has 0 rings (SSSR count). The van der Waals surface area contributed by atoms with Crippen molar-refractivity contribution in [1.82, 2.24) is 0 Å². The van der Waals surface area contributed by atoms with Gasteiger partial charge in [-0.3, -0.25) is 0 Å². The van der Waals surface area contributed by atoms with Crippen molar-refractivity contribution in [2.45, 2.75) is 0 Å². The van der Waals surface area contributed by atoms with Crippen LogP contribution in [0.1, 0.15) is 0 Å². The topological polar surface area (TPSA) is 51.2 Å². The van der Waals surface area contributed by atoms with E-state index < -0.39 is 27.5 Å². The van der Waals surface area contributed by atoms with Crippen molar-refractivity contribution in [2.75, 3.05) is 0 Å². The van der Waals surface area contributed by atoms with Crippen LogP contribution in [0.3, 0.4) is 0 Å². The second-order valence-electron chi connectivity index (χ2n) is 0.437. The molecule has 0 atom stereocenters. The van der Waals surface area contributed by atoms with Crippen LogP contribution in [-0.4, -0.2) is 6.53 Å². The van der Waals surface area contributed by atoms with Crippen LogP contribution in [0.25, 0.3) is 0 Å². The van der Waals surface area contributed by atoms with Gasteiger partial charge in [0.2, 0.25) is 0 Å². The molecule has 0 aliphatic rings. The minimum absolute atomic E-state index is 1.43. The molecule has 5 heavy (non-hydrogen) atoms. The van der Waals surface area contributed by atoms with Crippen LogP contribution in [0.15, 0.2) is 0 Å². The summed E-state index contributed by atoms with van der Waals surface area (Å²) in [7, 11) is 0. The summed E-state index contributed by atoms with van der Waals surface area (Å²) < 4.78 is 27.7. The van der Waals surface area contributed by atoms with E-state index in [1.54, 1.807) is 0 Å². The summed E-state index contributed by atoms with van der Waals surface area (Å²) in [4.78, 5) is 0. The van der Waals surface area contributed by atoms with Gasteiger partial charge < -0.3 is 0 Å². The fraction of sp³-hybridized carbons (Fsp3) is 0. The molecule has 0 unspecified atom stereocenters. The van der Waals surface area contributed by atoms with Crippen LogP contribution < -0.4 is 0 Å². The number of rotatable bonds is 1. The summed E-state index contributed by atoms with van der Waals surface area (Å²) in [5, 5.41) is 0. The first-order valence-corrected chi connectivity index (χ1v) is 8.25. The molecular weight excluding hydrogens is 167 g/mol. The molecule has 27 valence electrons. The van der Waals surface area contributed by atoms with E-state index in [0.717, 1.165) is 0 Å². The standard InChI is InChI=1S/HOSi.2O.Zr/c1-2;;;/h2H;;;. The summed E-state index contributed by atoms with van der Waals surface area (Å²) in [6, 6.07) is 0. The molecule has 0 aromatic rings. The van der Waals surface area contributed by atoms with E-state index in [4.69, 9.17) is 0 Å². The molecule has 0 aromatic carbocycles. The molecule has 0 aliphatic heterocycles. The molecule has 0 bridgehead atoms. The molecule has 0 spiro atoms. The normalized spacial score (nSPS) is 6.40. The zero-order valence-corrected chi connectivity index (χ0v) is 5.91. The molecule has 0 N–H and O–H groups in total. The second kappa shape index (κ2) is 2.72. The van der Waals surface area contributed by atoms with Gasteiger partial charge in [-0.1, -0.05) is 0 Å². The summed E-state index contributed by atoms with van der Waals surface area (Å²) in [6.45, 7) is -1.43. The monoisotopic (exact) mass is 167 g/mol. The van der Waals surface area contributed by atoms with Crippen molar-refractivity contribution in [3.05, 3.63) is 0 Å². The van der Waals surface area contributed by atoms with Gasteiger partial charge in [0.1, 0.15) is 0 Å². The average molecular weight is 168 g/mol. The Labute approximate surface area is 37.8 Å². The Hall–Kier alpha value is 0.500. The van der Waals surface area contributed by atoms with Crippen molar-refractivity contribution in [1.29, 1.82) is 0 Å². The Morgan fingerprint density at radius 2 is 1.60 bits per heavy atom. The van der Waals surface area contributed by atoms with E-state index in [1.165, 1.54) is 0 Å². The zero-order valence-electron chi connectivity index (χ0n) is 2.30. The van der Waals surface area contributed by atoms with Gasteiger partial charge in [0.05, 0.1) is 0 Å². The quantitative estimate of drug-likeness (QED) is 0.472. The first kappa shape index (κ1) is 5.50. The molecule has 0 amide bonds. The van der Waals surface area contributed by atoms with Crippen molar-refractivity contribution in [2.24, 2.45) is 0 Å². The molecule has 0 radical (unpaired) electrons. The van der Waals surface area contributed by atoms with Gasteiger partial charge in [0, 0.05) is 0 Å². The minimum atomic E-state index is -3.55. The Kier molecular flexibility index (Phi) is 2.99. The Morgan fingerprint density at radius 1 is 1.40 bits per heavy atom. The third kappa shape index (κ3) is 4.50. The molecule has 0 heterocycles. The predicted octanol–water partition coefficient (Wildman–Crippen LogP) is -1.01. The van der Waals surface area contributed by atoms with Gasteiger partial charge in [-0.15, -0.1) is 0 Å². The van der Waals surface area contributed by atoms with Gasteiger partial charge >= 0.3 is 37.5 Å². The van der Waals surface area contributed by atoms with E-state index in [0.29, 0.717) is 0 Å². The van der Waals surface area contributed by atoms with Gasteiger partial charge in [-0.05, 0) is 0 Å². The third-order valence-corrected chi connectivity index (χ3v) is 1.71. The summed E-state index contributed by atoms with van der Waals surface area (Å²) >= 11 is -3.55. The third-order valence-electron chi connectivity index (χ3n) is 0.0962. The first-order valence-electron chi connectivity index (χ1n) is 0.933. The number of hydrogen-bond acceptors (Lipinski definition) is 3. The maximum atomic E-state index is 9.26. The Morgan fingerprint density at radius 3 is 1.60 bits per heavy atom. The number of hydrogen-bond donors (Lipinski definition) is 0. The summed E-state index contributed by atoms with van der Waals surface area (Å²) in [5.41, 5.74) is 0. The van der Waals surface area contributed by atoms with Gasteiger partial charge in [0.15, 0.2) is 0 Å². The Balaban J connectivity index is 3.69. The van der Waals surface area contributed by atoms with Crippen molar-refractivity contribution < 1.29 is 31.0 Å². The van der Waals surface area contributed by atoms with Crippen LogP contribution in [0, 0.1) is 0 Å². The fourth-order valence-electron chi connectivity index (χ4n) is 0. The van der Waals surface area contributed by atoms with Crippen molar-refractivity contribution in [3.8, 4) is 0 Å². The Bertz CT molecular complexity index is 83.1. The first-order chi connectivity index (χ1) is 2.27. The van der Waals surface area contributed by atoms with E-state index in [-0.39, 0.29) is 0 Å². The fourth-order valence-corrected chi connectivity index (χ4v) is 0. The van der Waals surface area contributed by atoms with Gasteiger partial charge in [-0.25, -0.2) is 0 Å². The summed E-state index contributed by atoms with van der Waals surface area (Å²) in [5.74, 6) is 0. The average Bonchev–Trinajstić information content (AvgIpc) is 1.38. The molecule has 0 aliphatic carbocycles. The van der Waals surface area contributed by atoms with Crippen LogP contribution in [0.5, 0.6) is 0 Å². The van der Waals surface area contributed by atoms with Crippen LogP contribution >= 0.6 is 0 Å². The molecule has 0 saturated heterocycles. The van der Waals surface area contributed by atoms with Crippen molar-refractivity contribution >= 4 is 6.53 Å².